The maximum absolute atomic E-state index is 12.0. The highest BCUT2D eigenvalue weighted by atomic mass is 16.6. The van der Waals surface area contributed by atoms with Crippen molar-refractivity contribution in [3.8, 4) is 0 Å². The molecule has 110 valence electrons. The maximum Gasteiger partial charge on any atom is 0.306 e. The van der Waals surface area contributed by atoms with Crippen LogP contribution in [0.4, 0.5) is 0 Å². The second kappa shape index (κ2) is 5.96. The SMILES string of the molecule is CCC(=O)O[C@@]1(c2ccccc2)C[C@H](C)N(C)C[C@@H]1C. The molecule has 1 aromatic rings. The van der Waals surface area contributed by atoms with Gasteiger partial charge in [-0.25, -0.2) is 0 Å². The van der Waals surface area contributed by atoms with Crippen LogP contribution in [0.15, 0.2) is 30.3 Å². The van der Waals surface area contributed by atoms with E-state index in [2.05, 4.69) is 37.9 Å². The van der Waals surface area contributed by atoms with Gasteiger partial charge in [-0.15, -0.1) is 0 Å². The summed E-state index contributed by atoms with van der Waals surface area (Å²) in [4.78, 5) is 14.3. The highest BCUT2D eigenvalue weighted by molar-refractivity contribution is 5.69. The zero-order chi connectivity index (χ0) is 14.8. The van der Waals surface area contributed by atoms with Crippen LogP contribution in [-0.2, 0) is 15.1 Å². The van der Waals surface area contributed by atoms with E-state index in [0.29, 0.717) is 12.5 Å². The van der Waals surface area contributed by atoms with Gasteiger partial charge in [0.05, 0.1) is 0 Å². The molecule has 3 nitrogen and oxygen atoms in total. The number of rotatable bonds is 3. The third-order valence-corrected chi connectivity index (χ3v) is 4.56. The summed E-state index contributed by atoms with van der Waals surface area (Å²) >= 11 is 0. The van der Waals surface area contributed by atoms with Crippen LogP contribution in [-0.4, -0.2) is 30.5 Å². The Balaban J connectivity index is 2.41. The molecule has 1 saturated heterocycles. The number of ether oxygens (including phenoxy) is 1. The lowest BCUT2D eigenvalue weighted by atomic mass is 9.74. The average molecular weight is 275 g/mol. The Hall–Kier alpha value is -1.35. The predicted molar refractivity (Wildman–Crippen MR) is 80.4 cm³/mol. The van der Waals surface area contributed by atoms with Crippen molar-refractivity contribution in [3.05, 3.63) is 35.9 Å². The number of carbonyl (C=O) groups is 1. The number of carbonyl (C=O) groups excluding carboxylic acids is 1. The minimum Gasteiger partial charge on any atom is -0.454 e. The van der Waals surface area contributed by atoms with E-state index in [-0.39, 0.29) is 11.9 Å². The second-order valence-corrected chi connectivity index (χ2v) is 5.98. The van der Waals surface area contributed by atoms with Crippen molar-refractivity contribution < 1.29 is 9.53 Å². The van der Waals surface area contributed by atoms with Crippen molar-refractivity contribution in [3.63, 3.8) is 0 Å². The molecule has 1 aliphatic rings. The van der Waals surface area contributed by atoms with Crippen LogP contribution < -0.4 is 0 Å². The van der Waals surface area contributed by atoms with Crippen LogP contribution in [0.1, 0.15) is 39.2 Å². The summed E-state index contributed by atoms with van der Waals surface area (Å²) in [5.41, 5.74) is 0.634. The molecular weight excluding hydrogens is 250 g/mol. The largest absolute Gasteiger partial charge is 0.454 e. The summed E-state index contributed by atoms with van der Waals surface area (Å²) < 4.78 is 5.98. The molecule has 3 atom stereocenters. The Morgan fingerprint density at radius 3 is 2.60 bits per heavy atom. The molecule has 0 aliphatic carbocycles. The maximum atomic E-state index is 12.0. The van der Waals surface area contributed by atoms with Crippen molar-refractivity contribution in [2.45, 2.75) is 45.3 Å². The van der Waals surface area contributed by atoms with Gasteiger partial charge >= 0.3 is 5.97 Å². The molecule has 1 fully saturated rings. The molecule has 3 heteroatoms. The van der Waals surface area contributed by atoms with Crippen molar-refractivity contribution in [1.82, 2.24) is 4.90 Å². The van der Waals surface area contributed by atoms with Gasteiger partial charge in [0.25, 0.3) is 0 Å². The van der Waals surface area contributed by atoms with Gasteiger partial charge in [-0.1, -0.05) is 44.2 Å². The predicted octanol–water partition coefficient (Wildman–Crippen LogP) is 3.20. The minimum absolute atomic E-state index is 0.113. The fourth-order valence-electron chi connectivity index (χ4n) is 3.15. The molecule has 0 saturated carbocycles. The molecule has 20 heavy (non-hydrogen) atoms. The molecule has 0 N–H and O–H groups in total. The summed E-state index contributed by atoms with van der Waals surface area (Å²) in [6, 6.07) is 10.6. The van der Waals surface area contributed by atoms with E-state index in [0.717, 1.165) is 18.5 Å². The van der Waals surface area contributed by atoms with Gasteiger partial charge in [0.2, 0.25) is 0 Å². The van der Waals surface area contributed by atoms with Gasteiger partial charge in [0.1, 0.15) is 5.60 Å². The Morgan fingerprint density at radius 1 is 1.35 bits per heavy atom. The lowest BCUT2D eigenvalue weighted by Gasteiger charge is -2.48. The van der Waals surface area contributed by atoms with Crippen LogP contribution >= 0.6 is 0 Å². The number of likely N-dealkylation sites (tertiary alicyclic amines) is 1. The Labute approximate surface area is 121 Å². The summed E-state index contributed by atoms with van der Waals surface area (Å²) in [5.74, 6) is 0.166. The van der Waals surface area contributed by atoms with Crippen LogP contribution in [0.25, 0.3) is 0 Å². The summed E-state index contributed by atoms with van der Waals surface area (Å²) in [5, 5.41) is 0. The van der Waals surface area contributed by atoms with E-state index < -0.39 is 5.60 Å². The summed E-state index contributed by atoms with van der Waals surface area (Å²) in [6.07, 6.45) is 1.27. The number of benzene rings is 1. The fraction of sp³-hybridized carbons (Fsp3) is 0.588. The quantitative estimate of drug-likeness (QED) is 0.793. The lowest BCUT2D eigenvalue weighted by Crippen LogP contribution is -2.53. The molecule has 1 aromatic carbocycles. The minimum atomic E-state index is -0.486. The number of hydrogen-bond donors (Lipinski definition) is 0. The van der Waals surface area contributed by atoms with Crippen molar-refractivity contribution in [2.75, 3.05) is 13.6 Å². The van der Waals surface area contributed by atoms with E-state index in [1.165, 1.54) is 0 Å². The molecule has 0 spiro atoms. The highest BCUT2D eigenvalue weighted by Gasteiger charge is 2.46. The van der Waals surface area contributed by atoms with E-state index in [4.69, 9.17) is 4.74 Å². The summed E-state index contributed by atoms with van der Waals surface area (Å²) in [7, 11) is 2.14. The van der Waals surface area contributed by atoms with Gasteiger partial charge in [0, 0.05) is 31.3 Å². The van der Waals surface area contributed by atoms with Crippen molar-refractivity contribution in [2.24, 2.45) is 5.92 Å². The fourth-order valence-corrected chi connectivity index (χ4v) is 3.15. The zero-order valence-electron chi connectivity index (χ0n) is 12.9. The number of nitrogens with zero attached hydrogens (tertiary/aromatic N) is 1. The van der Waals surface area contributed by atoms with Gasteiger partial charge in [-0.2, -0.15) is 0 Å². The monoisotopic (exact) mass is 275 g/mol. The summed E-state index contributed by atoms with van der Waals surface area (Å²) in [6.45, 7) is 7.17. The highest BCUT2D eigenvalue weighted by Crippen LogP contribution is 2.43. The van der Waals surface area contributed by atoms with Crippen LogP contribution in [0.2, 0.25) is 0 Å². The molecule has 2 rings (SSSR count). The molecule has 0 amide bonds. The first-order chi connectivity index (χ1) is 9.49. The van der Waals surface area contributed by atoms with Crippen molar-refractivity contribution >= 4 is 5.97 Å². The van der Waals surface area contributed by atoms with Gasteiger partial charge in [-0.05, 0) is 19.5 Å². The lowest BCUT2D eigenvalue weighted by molar-refractivity contribution is -0.177. The van der Waals surface area contributed by atoms with Crippen LogP contribution in [0.5, 0.6) is 0 Å². The first-order valence-corrected chi connectivity index (χ1v) is 7.47. The molecule has 0 bridgehead atoms. The van der Waals surface area contributed by atoms with E-state index in [1.54, 1.807) is 0 Å². The van der Waals surface area contributed by atoms with E-state index >= 15 is 0 Å². The molecule has 0 aromatic heterocycles. The Morgan fingerprint density at radius 2 is 2.00 bits per heavy atom. The third kappa shape index (κ3) is 2.73. The zero-order valence-corrected chi connectivity index (χ0v) is 12.9. The first-order valence-electron chi connectivity index (χ1n) is 7.47. The standard InChI is InChI=1S/C17H25NO2/c1-5-16(19)20-17(15-9-7-6-8-10-15)11-14(3)18(4)12-13(17)2/h6-10,13-14H,5,11-12H2,1-4H3/t13-,14-,17-/m0/s1. The van der Waals surface area contributed by atoms with Crippen molar-refractivity contribution in [1.29, 1.82) is 0 Å². The third-order valence-electron chi connectivity index (χ3n) is 4.56. The van der Waals surface area contributed by atoms with E-state index in [1.807, 2.05) is 25.1 Å². The molecule has 1 aliphatic heterocycles. The van der Waals surface area contributed by atoms with Gasteiger partial charge < -0.3 is 9.64 Å². The molecule has 0 radical (unpaired) electrons. The molecular formula is C17H25NO2. The topological polar surface area (TPSA) is 29.5 Å². The second-order valence-electron chi connectivity index (χ2n) is 5.98. The molecule has 1 heterocycles. The number of esters is 1. The number of hydrogen-bond acceptors (Lipinski definition) is 3. The van der Waals surface area contributed by atoms with Gasteiger partial charge in [-0.3, -0.25) is 4.79 Å². The Bertz CT molecular complexity index is 459. The van der Waals surface area contributed by atoms with Crippen LogP contribution in [0.3, 0.4) is 0 Å². The van der Waals surface area contributed by atoms with Crippen LogP contribution in [0, 0.1) is 5.92 Å². The normalized spacial score (nSPS) is 31.0. The smallest absolute Gasteiger partial charge is 0.306 e. The molecule has 0 unspecified atom stereocenters. The van der Waals surface area contributed by atoms with Gasteiger partial charge in [0.15, 0.2) is 0 Å². The van der Waals surface area contributed by atoms with E-state index in [9.17, 15) is 4.79 Å². The number of piperidine rings is 1. The Kier molecular flexibility index (Phi) is 4.48. The first kappa shape index (κ1) is 15.0. The average Bonchev–Trinajstić information content (AvgIpc) is 2.45.